The van der Waals surface area contributed by atoms with Gasteiger partial charge in [0.05, 0.1) is 0 Å². The molecule has 3 aromatic carbocycles. The summed E-state index contributed by atoms with van der Waals surface area (Å²) in [7, 11) is 0. The maximum atomic E-state index is 13.3. The highest BCUT2D eigenvalue weighted by molar-refractivity contribution is 6.02. The van der Waals surface area contributed by atoms with Crippen LogP contribution in [-0.2, 0) is 17.8 Å². The maximum absolute atomic E-state index is 13.3. The summed E-state index contributed by atoms with van der Waals surface area (Å²) in [6.45, 7) is 4.44. The van der Waals surface area contributed by atoms with Gasteiger partial charge in [-0.2, -0.15) is 0 Å². The SMILES string of the molecule is Cc1cccc(NC(=O)C2Cc3ccccc3CN2C(=O)c2ccccc2)c1C. The van der Waals surface area contributed by atoms with Gasteiger partial charge in [-0.05, 0) is 54.3 Å². The molecule has 0 fully saturated rings. The van der Waals surface area contributed by atoms with E-state index in [2.05, 4.69) is 5.32 Å². The highest BCUT2D eigenvalue weighted by atomic mass is 16.2. The molecule has 0 aromatic heterocycles. The zero-order chi connectivity index (χ0) is 20.4. The van der Waals surface area contributed by atoms with E-state index in [4.69, 9.17) is 0 Å². The van der Waals surface area contributed by atoms with Crippen LogP contribution in [0, 0.1) is 13.8 Å². The minimum atomic E-state index is -0.558. The maximum Gasteiger partial charge on any atom is 0.254 e. The van der Waals surface area contributed by atoms with Gasteiger partial charge in [0.15, 0.2) is 0 Å². The fourth-order valence-electron chi connectivity index (χ4n) is 3.82. The van der Waals surface area contributed by atoms with Crippen molar-refractivity contribution in [3.05, 3.63) is 101 Å². The van der Waals surface area contributed by atoms with Crippen molar-refractivity contribution in [3.63, 3.8) is 0 Å². The molecule has 1 heterocycles. The monoisotopic (exact) mass is 384 g/mol. The lowest BCUT2D eigenvalue weighted by atomic mass is 9.92. The van der Waals surface area contributed by atoms with Crippen LogP contribution in [0.3, 0.4) is 0 Å². The number of nitrogens with zero attached hydrogens (tertiary/aromatic N) is 1. The summed E-state index contributed by atoms with van der Waals surface area (Å²) in [5.41, 5.74) is 5.75. The van der Waals surface area contributed by atoms with Crippen LogP contribution in [0.5, 0.6) is 0 Å². The van der Waals surface area contributed by atoms with Crippen molar-refractivity contribution >= 4 is 17.5 Å². The number of hydrogen-bond acceptors (Lipinski definition) is 2. The molecule has 0 radical (unpaired) electrons. The van der Waals surface area contributed by atoms with Gasteiger partial charge in [-0.15, -0.1) is 0 Å². The molecule has 0 saturated heterocycles. The van der Waals surface area contributed by atoms with E-state index in [1.54, 1.807) is 17.0 Å². The Labute approximate surface area is 171 Å². The van der Waals surface area contributed by atoms with E-state index in [1.807, 2.05) is 74.5 Å². The van der Waals surface area contributed by atoms with Crippen LogP contribution >= 0.6 is 0 Å². The number of fused-ring (bicyclic) bond motifs is 1. The number of carbonyl (C=O) groups excluding carboxylic acids is 2. The molecule has 4 nitrogen and oxygen atoms in total. The molecule has 4 heteroatoms. The summed E-state index contributed by atoms with van der Waals surface area (Å²) >= 11 is 0. The fraction of sp³-hybridized carbons (Fsp3) is 0.200. The van der Waals surface area contributed by atoms with E-state index in [9.17, 15) is 9.59 Å². The average Bonchev–Trinajstić information content (AvgIpc) is 2.76. The number of rotatable bonds is 3. The predicted molar refractivity (Wildman–Crippen MR) is 115 cm³/mol. The van der Waals surface area contributed by atoms with Gasteiger partial charge in [0.1, 0.15) is 6.04 Å². The number of benzene rings is 3. The second-order valence-electron chi connectivity index (χ2n) is 7.52. The first-order chi connectivity index (χ1) is 14.0. The van der Waals surface area contributed by atoms with Crippen molar-refractivity contribution in [2.45, 2.75) is 32.9 Å². The lowest BCUT2D eigenvalue weighted by molar-refractivity contribution is -0.121. The summed E-state index contributed by atoms with van der Waals surface area (Å²) in [5.74, 6) is -0.279. The Hall–Kier alpha value is -3.40. The number of anilines is 1. The van der Waals surface area contributed by atoms with Crippen LogP contribution in [-0.4, -0.2) is 22.8 Å². The Bertz CT molecular complexity index is 1060. The van der Waals surface area contributed by atoms with Crippen LogP contribution < -0.4 is 5.32 Å². The molecule has 2 amide bonds. The summed E-state index contributed by atoms with van der Waals surface area (Å²) in [6.07, 6.45) is 0.505. The molecule has 0 spiro atoms. The Morgan fingerprint density at radius 3 is 2.31 bits per heavy atom. The quantitative estimate of drug-likeness (QED) is 0.722. The van der Waals surface area contributed by atoms with Crippen LogP contribution in [0.4, 0.5) is 5.69 Å². The van der Waals surface area contributed by atoms with E-state index in [0.717, 1.165) is 27.9 Å². The van der Waals surface area contributed by atoms with Crippen molar-refractivity contribution in [1.82, 2.24) is 4.90 Å². The van der Waals surface area contributed by atoms with E-state index < -0.39 is 6.04 Å². The van der Waals surface area contributed by atoms with Gasteiger partial charge in [0.2, 0.25) is 5.91 Å². The lowest BCUT2D eigenvalue weighted by Crippen LogP contribution is -2.50. The highest BCUT2D eigenvalue weighted by Crippen LogP contribution is 2.27. The molecule has 1 unspecified atom stereocenters. The number of carbonyl (C=O) groups is 2. The van der Waals surface area contributed by atoms with Crippen molar-refractivity contribution in [2.24, 2.45) is 0 Å². The molecule has 1 aliphatic rings. The van der Waals surface area contributed by atoms with Gasteiger partial charge >= 0.3 is 0 Å². The smallest absolute Gasteiger partial charge is 0.254 e. The number of nitrogens with one attached hydrogen (secondary N) is 1. The second kappa shape index (κ2) is 7.92. The largest absolute Gasteiger partial charge is 0.324 e. The molecule has 1 atom stereocenters. The normalized spacial score (nSPS) is 15.5. The molecule has 146 valence electrons. The molecule has 4 rings (SSSR count). The number of amides is 2. The van der Waals surface area contributed by atoms with Crippen molar-refractivity contribution in [1.29, 1.82) is 0 Å². The van der Waals surface area contributed by atoms with E-state index in [1.165, 1.54) is 0 Å². The van der Waals surface area contributed by atoms with Gasteiger partial charge in [-0.25, -0.2) is 0 Å². The zero-order valence-corrected chi connectivity index (χ0v) is 16.7. The molecular weight excluding hydrogens is 360 g/mol. The predicted octanol–water partition coefficient (Wildman–Crippen LogP) is 4.51. The fourth-order valence-corrected chi connectivity index (χ4v) is 3.82. The van der Waals surface area contributed by atoms with Gasteiger partial charge in [0, 0.05) is 24.2 Å². The Kier molecular flexibility index (Phi) is 5.17. The van der Waals surface area contributed by atoms with Crippen LogP contribution in [0.15, 0.2) is 72.8 Å². The minimum Gasteiger partial charge on any atom is -0.324 e. The third-order valence-corrected chi connectivity index (χ3v) is 5.70. The van der Waals surface area contributed by atoms with Crippen LogP contribution in [0.1, 0.15) is 32.6 Å². The second-order valence-corrected chi connectivity index (χ2v) is 7.52. The molecule has 1 N–H and O–H groups in total. The van der Waals surface area contributed by atoms with Gasteiger partial charge in [-0.1, -0.05) is 54.6 Å². The van der Waals surface area contributed by atoms with E-state index >= 15 is 0 Å². The standard InChI is InChI=1S/C25H24N2O2/c1-17-9-8-14-22(18(17)2)26-24(28)23-15-20-12-6-7-13-21(20)16-27(23)25(29)19-10-4-3-5-11-19/h3-14,23H,15-16H2,1-2H3,(H,26,28). The van der Waals surface area contributed by atoms with Crippen molar-refractivity contribution in [3.8, 4) is 0 Å². The Morgan fingerprint density at radius 2 is 1.55 bits per heavy atom. The average molecular weight is 384 g/mol. The molecular formula is C25H24N2O2. The molecule has 0 aliphatic carbocycles. The Balaban J connectivity index is 1.67. The first kappa shape index (κ1) is 18.9. The number of hydrogen-bond donors (Lipinski definition) is 1. The third kappa shape index (κ3) is 3.79. The molecule has 1 aliphatic heterocycles. The summed E-state index contributed by atoms with van der Waals surface area (Å²) in [5, 5.41) is 3.06. The van der Waals surface area contributed by atoms with Crippen LogP contribution in [0.25, 0.3) is 0 Å². The molecule has 0 saturated carbocycles. The minimum absolute atomic E-state index is 0.124. The summed E-state index contributed by atoms with van der Waals surface area (Å²) in [4.78, 5) is 28.2. The molecule has 29 heavy (non-hydrogen) atoms. The first-order valence-corrected chi connectivity index (χ1v) is 9.84. The molecule has 3 aromatic rings. The first-order valence-electron chi connectivity index (χ1n) is 9.84. The zero-order valence-electron chi connectivity index (χ0n) is 16.7. The summed E-state index contributed by atoms with van der Waals surface area (Å²) < 4.78 is 0. The van der Waals surface area contributed by atoms with Crippen molar-refractivity contribution in [2.75, 3.05) is 5.32 Å². The molecule has 0 bridgehead atoms. The van der Waals surface area contributed by atoms with Gasteiger partial charge < -0.3 is 10.2 Å². The highest BCUT2D eigenvalue weighted by Gasteiger charge is 2.35. The van der Waals surface area contributed by atoms with Crippen LogP contribution in [0.2, 0.25) is 0 Å². The van der Waals surface area contributed by atoms with Gasteiger partial charge in [-0.3, -0.25) is 9.59 Å². The third-order valence-electron chi connectivity index (χ3n) is 5.70. The summed E-state index contributed by atoms with van der Waals surface area (Å²) in [6, 6.07) is 22.5. The van der Waals surface area contributed by atoms with Gasteiger partial charge in [0.25, 0.3) is 5.91 Å². The van der Waals surface area contributed by atoms with E-state index in [-0.39, 0.29) is 11.8 Å². The lowest BCUT2D eigenvalue weighted by Gasteiger charge is -2.36. The Morgan fingerprint density at radius 1 is 0.862 bits per heavy atom. The van der Waals surface area contributed by atoms with Crippen molar-refractivity contribution < 1.29 is 9.59 Å². The topological polar surface area (TPSA) is 49.4 Å². The van der Waals surface area contributed by atoms with E-state index in [0.29, 0.717) is 18.5 Å². The number of aryl methyl sites for hydroxylation is 1.